The summed E-state index contributed by atoms with van der Waals surface area (Å²) in [6, 6.07) is 5.52. The Labute approximate surface area is 264 Å². The summed E-state index contributed by atoms with van der Waals surface area (Å²) < 4.78 is 15.8. The van der Waals surface area contributed by atoms with Crippen LogP contribution in [0.1, 0.15) is 64.4 Å². The van der Waals surface area contributed by atoms with Crippen molar-refractivity contribution in [2.75, 3.05) is 27.4 Å². The third-order valence-corrected chi connectivity index (χ3v) is 11.2. The Kier molecular flexibility index (Phi) is 9.29. The van der Waals surface area contributed by atoms with Crippen LogP contribution in [0.3, 0.4) is 0 Å². The Morgan fingerprint density at radius 1 is 1.07 bits per heavy atom. The number of benzene rings is 1. The SMILES string of the molecule is COc1ccc(CCNC(=O)CCC(=O)OCC(=O)[C@@]2(O)CC[C@H]3[C@H]4CCC5=CC(=O)C=C[C@]5(C)[C@H]4[C@@H](O)C[C@@]32C)cc1OC. The Morgan fingerprint density at radius 3 is 2.56 bits per heavy atom. The highest BCUT2D eigenvalue weighted by Crippen LogP contribution is 2.67. The summed E-state index contributed by atoms with van der Waals surface area (Å²) in [6.07, 6.45) is 7.33. The van der Waals surface area contributed by atoms with E-state index in [1.807, 2.05) is 25.1 Å². The number of ketones is 2. The van der Waals surface area contributed by atoms with E-state index >= 15 is 0 Å². The molecule has 10 nitrogen and oxygen atoms in total. The molecule has 3 saturated carbocycles. The molecule has 0 heterocycles. The minimum absolute atomic E-state index is 0.00246. The van der Waals surface area contributed by atoms with Crippen LogP contribution in [0.25, 0.3) is 0 Å². The number of carbonyl (C=O) groups is 4. The highest BCUT2D eigenvalue weighted by atomic mass is 16.5. The number of hydrogen-bond acceptors (Lipinski definition) is 9. The first kappa shape index (κ1) is 32.9. The number of fused-ring (bicyclic) bond motifs is 5. The zero-order valence-electron chi connectivity index (χ0n) is 26.6. The lowest BCUT2D eigenvalue weighted by Crippen LogP contribution is -2.61. The molecule has 7 atom stereocenters. The largest absolute Gasteiger partial charge is 0.493 e. The van der Waals surface area contributed by atoms with Gasteiger partial charge in [-0.05, 0) is 80.2 Å². The summed E-state index contributed by atoms with van der Waals surface area (Å²) in [5, 5.41) is 26.1. The molecule has 0 bridgehead atoms. The normalized spacial score (nSPS) is 33.3. The molecule has 0 spiro atoms. The van der Waals surface area contributed by atoms with Crippen LogP contribution in [0.5, 0.6) is 11.5 Å². The molecule has 1 aromatic carbocycles. The summed E-state index contributed by atoms with van der Waals surface area (Å²) in [4.78, 5) is 50.3. The lowest BCUT2D eigenvalue weighted by Gasteiger charge is -2.59. The van der Waals surface area contributed by atoms with E-state index in [1.165, 1.54) is 0 Å². The third kappa shape index (κ3) is 5.94. The molecule has 1 aromatic rings. The maximum Gasteiger partial charge on any atom is 0.306 e. The van der Waals surface area contributed by atoms with Crippen molar-refractivity contribution >= 4 is 23.4 Å². The van der Waals surface area contributed by atoms with Gasteiger partial charge in [-0.3, -0.25) is 19.2 Å². The fraction of sp³-hybridized carbons (Fsp3) is 0.600. The maximum atomic E-state index is 13.5. The van der Waals surface area contributed by atoms with Crippen LogP contribution < -0.4 is 14.8 Å². The second-order valence-corrected chi connectivity index (χ2v) is 13.5. The number of esters is 1. The van der Waals surface area contributed by atoms with E-state index in [0.29, 0.717) is 30.9 Å². The molecule has 1 amide bonds. The van der Waals surface area contributed by atoms with Crippen LogP contribution in [0.4, 0.5) is 0 Å². The molecule has 4 aliphatic carbocycles. The van der Waals surface area contributed by atoms with Crippen LogP contribution in [0.15, 0.2) is 42.0 Å². The molecule has 244 valence electrons. The summed E-state index contributed by atoms with van der Waals surface area (Å²) >= 11 is 0. The first-order valence-electron chi connectivity index (χ1n) is 15.9. The number of Topliss-reactive ketones (excluding diaryl/α,β-unsaturated/α-hetero) is 1. The topological polar surface area (TPSA) is 148 Å². The first-order chi connectivity index (χ1) is 21.4. The molecule has 0 aliphatic heterocycles. The van der Waals surface area contributed by atoms with Gasteiger partial charge in [-0.25, -0.2) is 0 Å². The van der Waals surface area contributed by atoms with Gasteiger partial charge in [0.25, 0.3) is 0 Å². The van der Waals surface area contributed by atoms with Crippen molar-refractivity contribution in [3.8, 4) is 11.5 Å². The summed E-state index contributed by atoms with van der Waals surface area (Å²) in [5.74, 6) is -0.419. The molecule has 45 heavy (non-hydrogen) atoms. The number of ether oxygens (including phenoxy) is 3. The second-order valence-electron chi connectivity index (χ2n) is 13.5. The monoisotopic (exact) mass is 623 g/mol. The van der Waals surface area contributed by atoms with Gasteiger partial charge in [-0.2, -0.15) is 0 Å². The van der Waals surface area contributed by atoms with Crippen molar-refractivity contribution in [1.29, 1.82) is 0 Å². The van der Waals surface area contributed by atoms with Gasteiger partial charge >= 0.3 is 5.97 Å². The number of nitrogens with one attached hydrogen (secondary N) is 1. The van der Waals surface area contributed by atoms with E-state index in [-0.39, 0.29) is 55.1 Å². The highest BCUT2D eigenvalue weighted by Gasteiger charge is 2.68. The molecule has 3 fully saturated rings. The van der Waals surface area contributed by atoms with Crippen LogP contribution >= 0.6 is 0 Å². The van der Waals surface area contributed by atoms with Crippen molar-refractivity contribution in [1.82, 2.24) is 5.32 Å². The average Bonchev–Trinajstić information content (AvgIpc) is 3.29. The highest BCUT2D eigenvalue weighted by molar-refractivity contribution is 6.01. The summed E-state index contributed by atoms with van der Waals surface area (Å²) in [7, 11) is 3.12. The van der Waals surface area contributed by atoms with Gasteiger partial charge in [0.2, 0.25) is 11.7 Å². The lowest BCUT2D eigenvalue weighted by molar-refractivity contribution is -0.181. The van der Waals surface area contributed by atoms with Crippen molar-refractivity contribution in [3.63, 3.8) is 0 Å². The molecule has 3 N–H and O–H groups in total. The second kappa shape index (κ2) is 12.7. The summed E-state index contributed by atoms with van der Waals surface area (Å²) in [6.45, 7) is 3.74. The fourth-order valence-electron chi connectivity index (χ4n) is 8.81. The standard InChI is InChI=1S/C35H45NO9/c1-33-14-11-23(37)18-22(33)6-7-24-25-12-15-35(42,34(25,2)19-26(38)32(24)33)29(39)20-45-31(41)10-9-30(40)36-16-13-21-5-8-27(43-3)28(17-21)44-4/h5,8,11,14,17-18,24-26,32,38,42H,6-7,9-10,12-13,15-16,19-20H2,1-4H3,(H,36,40)/t24-,25+,26+,32-,33+,34+,35+/m1/s1. The number of aliphatic hydroxyl groups is 2. The molecular weight excluding hydrogens is 578 g/mol. The Morgan fingerprint density at radius 2 is 1.82 bits per heavy atom. The van der Waals surface area contributed by atoms with Crippen LogP contribution in [0.2, 0.25) is 0 Å². The van der Waals surface area contributed by atoms with E-state index in [2.05, 4.69) is 12.2 Å². The Hall–Kier alpha value is -3.50. The molecule has 0 unspecified atom stereocenters. The van der Waals surface area contributed by atoms with E-state index in [0.717, 1.165) is 24.0 Å². The number of rotatable bonds is 11. The molecular formula is C35H45NO9. The van der Waals surface area contributed by atoms with Crippen molar-refractivity contribution in [2.24, 2.45) is 28.6 Å². The van der Waals surface area contributed by atoms with Gasteiger partial charge in [0, 0.05) is 29.7 Å². The van der Waals surface area contributed by atoms with Gasteiger partial charge in [0.15, 0.2) is 23.9 Å². The Balaban J connectivity index is 1.11. The van der Waals surface area contributed by atoms with Crippen LogP contribution in [0, 0.1) is 28.6 Å². The Bertz CT molecular complexity index is 1420. The van der Waals surface area contributed by atoms with Gasteiger partial charge in [-0.15, -0.1) is 0 Å². The third-order valence-electron chi connectivity index (χ3n) is 11.2. The lowest BCUT2D eigenvalue weighted by atomic mass is 9.46. The maximum absolute atomic E-state index is 13.5. The number of methoxy groups -OCH3 is 2. The van der Waals surface area contributed by atoms with Crippen molar-refractivity contribution in [3.05, 3.63) is 47.6 Å². The van der Waals surface area contributed by atoms with E-state index in [9.17, 15) is 29.4 Å². The zero-order chi connectivity index (χ0) is 32.6. The minimum atomic E-state index is -1.74. The number of carbonyl (C=O) groups excluding carboxylic acids is 4. The van der Waals surface area contributed by atoms with Gasteiger partial charge in [0.1, 0.15) is 5.60 Å². The number of aliphatic hydroxyl groups excluding tert-OH is 1. The van der Waals surface area contributed by atoms with Gasteiger partial charge in [0.05, 0.1) is 26.7 Å². The predicted octanol–water partition coefficient (Wildman–Crippen LogP) is 3.26. The van der Waals surface area contributed by atoms with E-state index in [1.54, 1.807) is 32.4 Å². The molecule has 5 rings (SSSR count). The average molecular weight is 624 g/mol. The zero-order valence-corrected chi connectivity index (χ0v) is 26.6. The predicted molar refractivity (Wildman–Crippen MR) is 164 cm³/mol. The first-order valence-corrected chi connectivity index (χ1v) is 15.9. The van der Waals surface area contributed by atoms with Crippen LogP contribution in [-0.4, -0.2) is 72.7 Å². The smallest absolute Gasteiger partial charge is 0.306 e. The summed E-state index contributed by atoms with van der Waals surface area (Å²) in [5.41, 5.74) is -1.05. The molecule has 0 saturated heterocycles. The molecule has 4 aliphatic rings. The minimum Gasteiger partial charge on any atom is -0.493 e. The van der Waals surface area contributed by atoms with Gasteiger partial charge < -0.3 is 29.7 Å². The van der Waals surface area contributed by atoms with Crippen LogP contribution in [-0.2, 0) is 30.3 Å². The molecule has 10 heteroatoms. The van der Waals surface area contributed by atoms with E-state index < -0.39 is 40.9 Å². The number of hydrogen-bond donors (Lipinski definition) is 3. The number of amides is 1. The van der Waals surface area contributed by atoms with Crippen molar-refractivity contribution in [2.45, 2.75) is 76.9 Å². The number of allylic oxidation sites excluding steroid dienone is 4. The molecule has 0 radical (unpaired) electrons. The fourth-order valence-corrected chi connectivity index (χ4v) is 8.81. The van der Waals surface area contributed by atoms with E-state index in [4.69, 9.17) is 14.2 Å². The quantitative estimate of drug-likeness (QED) is 0.316. The van der Waals surface area contributed by atoms with Crippen molar-refractivity contribution < 1.29 is 43.6 Å². The van der Waals surface area contributed by atoms with Gasteiger partial charge in [-0.1, -0.05) is 31.6 Å². The molecule has 0 aromatic heterocycles.